The standard InChI is InChI=1S/C21H16ClN3O3/c22-18-12-5-4-11-17(18)21(28)23-16-10-6-9-15(13-16)20(27)25-24-19(26)14-7-2-1-3-8-14/h1-13H,(H,23,28)(H,24,26)(H,25,27). The summed E-state index contributed by atoms with van der Waals surface area (Å²) >= 11 is 6.02. The number of rotatable bonds is 4. The second-order valence-corrected chi connectivity index (χ2v) is 6.20. The van der Waals surface area contributed by atoms with E-state index in [1.807, 2.05) is 0 Å². The van der Waals surface area contributed by atoms with Crippen molar-refractivity contribution in [2.24, 2.45) is 0 Å². The first-order valence-corrected chi connectivity index (χ1v) is 8.74. The Bertz CT molecular complexity index is 1020. The molecule has 0 aliphatic carbocycles. The van der Waals surface area contributed by atoms with E-state index in [1.54, 1.807) is 72.8 Å². The lowest BCUT2D eigenvalue weighted by molar-refractivity contribution is 0.0846. The second kappa shape index (κ2) is 8.83. The van der Waals surface area contributed by atoms with Crippen LogP contribution in [0, 0.1) is 0 Å². The van der Waals surface area contributed by atoms with Crippen LogP contribution in [0.2, 0.25) is 5.02 Å². The summed E-state index contributed by atoms with van der Waals surface area (Å²) in [5, 5.41) is 3.03. The van der Waals surface area contributed by atoms with E-state index in [9.17, 15) is 14.4 Å². The Morgan fingerprint density at radius 2 is 1.25 bits per heavy atom. The number of carbonyl (C=O) groups is 3. The fourth-order valence-electron chi connectivity index (χ4n) is 2.43. The Morgan fingerprint density at radius 1 is 0.643 bits per heavy atom. The van der Waals surface area contributed by atoms with Crippen molar-refractivity contribution in [2.75, 3.05) is 5.32 Å². The SMILES string of the molecule is O=C(NNC(=O)c1cccc(NC(=O)c2ccccc2Cl)c1)c1ccccc1. The zero-order valence-electron chi connectivity index (χ0n) is 14.6. The van der Waals surface area contributed by atoms with Crippen molar-refractivity contribution < 1.29 is 14.4 Å². The van der Waals surface area contributed by atoms with Crippen LogP contribution in [0.1, 0.15) is 31.1 Å². The summed E-state index contributed by atoms with van der Waals surface area (Å²) in [6.07, 6.45) is 0. The summed E-state index contributed by atoms with van der Waals surface area (Å²) in [5.41, 5.74) is 6.13. The number of hydrogen-bond acceptors (Lipinski definition) is 3. The number of amides is 3. The molecule has 0 aliphatic rings. The number of carbonyl (C=O) groups excluding carboxylic acids is 3. The summed E-state index contributed by atoms with van der Waals surface area (Å²) in [6.45, 7) is 0. The minimum atomic E-state index is -0.516. The van der Waals surface area contributed by atoms with Crippen LogP contribution < -0.4 is 16.2 Å². The van der Waals surface area contributed by atoms with Crippen LogP contribution >= 0.6 is 11.6 Å². The molecule has 28 heavy (non-hydrogen) atoms. The number of hydrogen-bond donors (Lipinski definition) is 3. The van der Waals surface area contributed by atoms with Gasteiger partial charge in [0.25, 0.3) is 17.7 Å². The zero-order chi connectivity index (χ0) is 19.9. The predicted octanol–water partition coefficient (Wildman–Crippen LogP) is 3.67. The van der Waals surface area contributed by atoms with E-state index in [2.05, 4.69) is 16.2 Å². The van der Waals surface area contributed by atoms with Crippen molar-refractivity contribution >= 4 is 35.0 Å². The third kappa shape index (κ3) is 4.75. The van der Waals surface area contributed by atoms with E-state index >= 15 is 0 Å². The minimum Gasteiger partial charge on any atom is -0.322 e. The highest BCUT2D eigenvalue weighted by Gasteiger charge is 2.12. The molecule has 0 fully saturated rings. The third-order valence-electron chi connectivity index (χ3n) is 3.83. The van der Waals surface area contributed by atoms with E-state index in [0.717, 1.165) is 0 Å². The maximum Gasteiger partial charge on any atom is 0.269 e. The van der Waals surface area contributed by atoms with Crippen LogP contribution in [-0.2, 0) is 0 Å². The van der Waals surface area contributed by atoms with Gasteiger partial charge in [-0.2, -0.15) is 0 Å². The largest absolute Gasteiger partial charge is 0.322 e. The van der Waals surface area contributed by atoms with Gasteiger partial charge in [0.2, 0.25) is 0 Å². The van der Waals surface area contributed by atoms with Gasteiger partial charge in [-0.15, -0.1) is 0 Å². The summed E-state index contributed by atoms with van der Waals surface area (Å²) in [4.78, 5) is 36.6. The molecule has 0 radical (unpaired) electrons. The number of halogens is 1. The maximum atomic E-state index is 12.3. The molecule has 0 saturated heterocycles. The van der Waals surface area contributed by atoms with Gasteiger partial charge in [-0.1, -0.05) is 48.0 Å². The molecule has 0 heterocycles. The van der Waals surface area contributed by atoms with Crippen molar-refractivity contribution in [1.82, 2.24) is 10.9 Å². The van der Waals surface area contributed by atoms with Crippen LogP contribution in [0.4, 0.5) is 5.69 Å². The Labute approximate surface area is 166 Å². The Kier molecular flexibility index (Phi) is 6.04. The average Bonchev–Trinajstić information content (AvgIpc) is 2.72. The fraction of sp³-hybridized carbons (Fsp3) is 0. The van der Waals surface area contributed by atoms with Gasteiger partial charge >= 0.3 is 0 Å². The van der Waals surface area contributed by atoms with Crippen LogP contribution in [0.3, 0.4) is 0 Å². The predicted molar refractivity (Wildman–Crippen MR) is 107 cm³/mol. The van der Waals surface area contributed by atoms with Crippen LogP contribution in [0.25, 0.3) is 0 Å². The highest BCUT2D eigenvalue weighted by atomic mass is 35.5. The normalized spacial score (nSPS) is 10.0. The fourth-order valence-corrected chi connectivity index (χ4v) is 2.65. The third-order valence-corrected chi connectivity index (χ3v) is 4.16. The first-order chi connectivity index (χ1) is 13.5. The topological polar surface area (TPSA) is 87.3 Å². The minimum absolute atomic E-state index is 0.269. The Balaban J connectivity index is 1.64. The van der Waals surface area contributed by atoms with Gasteiger partial charge in [0.1, 0.15) is 0 Å². The van der Waals surface area contributed by atoms with Gasteiger partial charge in [0, 0.05) is 16.8 Å². The van der Waals surface area contributed by atoms with Crippen molar-refractivity contribution in [3.63, 3.8) is 0 Å². The summed E-state index contributed by atoms with van der Waals surface area (Å²) in [5.74, 6) is -1.34. The summed E-state index contributed by atoms with van der Waals surface area (Å²) in [7, 11) is 0. The first kappa shape index (κ1) is 19.1. The molecule has 6 nitrogen and oxygen atoms in total. The van der Waals surface area contributed by atoms with E-state index in [0.29, 0.717) is 21.8 Å². The molecule has 7 heteroatoms. The molecule has 0 atom stereocenters. The van der Waals surface area contributed by atoms with Crippen LogP contribution in [-0.4, -0.2) is 17.7 Å². The number of benzene rings is 3. The monoisotopic (exact) mass is 393 g/mol. The summed E-state index contributed by atoms with van der Waals surface area (Å²) in [6, 6.07) is 21.5. The molecule has 0 unspecified atom stereocenters. The number of nitrogens with one attached hydrogen (secondary N) is 3. The molecule has 0 saturated carbocycles. The van der Waals surface area contributed by atoms with Gasteiger partial charge < -0.3 is 5.32 Å². The lowest BCUT2D eigenvalue weighted by atomic mass is 10.1. The van der Waals surface area contributed by atoms with Crippen molar-refractivity contribution in [2.45, 2.75) is 0 Å². The molecule has 3 aromatic carbocycles. The molecule has 3 aromatic rings. The molecule has 140 valence electrons. The first-order valence-electron chi connectivity index (χ1n) is 8.36. The lowest BCUT2D eigenvalue weighted by Gasteiger charge is -2.10. The highest BCUT2D eigenvalue weighted by molar-refractivity contribution is 6.34. The van der Waals surface area contributed by atoms with Crippen LogP contribution in [0.5, 0.6) is 0 Å². The van der Waals surface area contributed by atoms with Gasteiger partial charge in [-0.05, 0) is 42.5 Å². The smallest absolute Gasteiger partial charge is 0.269 e. The number of anilines is 1. The van der Waals surface area contributed by atoms with Crippen molar-refractivity contribution in [3.05, 3.63) is 101 Å². The number of hydrazine groups is 1. The van der Waals surface area contributed by atoms with E-state index in [-0.39, 0.29) is 11.5 Å². The molecule has 3 rings (SSSR count). The molecule has 0 aliphatic heterocycles. The summed E-state index contributed by atoms with van der Waals surface area (Å²) < 4.78 is 0. The zero-order valence-corrected chi connectivity index (χ0v) is 15.4. The molecule has 0 bridgehead atoms. The van der Waals surface area contributed by atoms with Crippen LogP contribution in [0.15, 0.2) is 78.9 Å². The van der Waals surface area contributed by atoms with E-state index in [1.165, 1.54) is 6.07 Å². The van der Waals surface area contributed by atoms with E-state index in [4.69, 9.17) is 11.6 Å². The van der Waals surface area contributed by atoms with Gasteiger partial charge in [-0.3, -0.25) is 25.2 Å². The second-order valence-electron chi connectivity index (χ2n) is 5.79. The molecule has 3 amide bonds. The van der Waals surface area contributed by atoms with Crippen molar-refractivity contribution in [1.29, 1.82) is 0 Å². The van der Waals surface area contributed by atoms with Gasteiger partial charge in [0.05, 0.1) is 10.6 Å². The maximum absolute atomic E-state index is 12.3. The van der Waals surface area contributed by atoms with Gasteiger partial charge in [-0.25, -0.2) is 0 Å². The molecular weight excluding hydrogens is 378 g/mol. The molecule has 3 N–H and O–H groups in total. The average molecular weight is 394 g/mol. The molecular formula is C21H16ClN3O3. The van der Waals surface area contributed by atoms with E-state index < -0.39 is 11.8 Å². The highest BCUT2D eigenvalue weighted by Crippen LogP contribution is 2.18. The lowest BCUT2D eigenvalue weighted by Crippen LogP contribution is -2.41. The quantitative estimate of drug-likeness (QED) is 0.591. The Hall–Kier alpha value is -3.64. The van der Waals surface area contributed by atoms with Crippen molar-refractivity contribution in [3.8, 4) is 0 Å². The van der Waals surface area contributed by atoms with Gasteiger partial charge in [0.15, 0.2) is 0 Å². The molecule has 0 aromatic heterocycles. The Morgan fingerprint density at radius 3 is 1.96 bits per heavy atom. The molecule has 0 spiro atoms.